The number of Topliss-reactive ketones (excluding diaryl/α,β-unsaturated/α-hetero) is 1. The lowest BCUT2D eigenvalue weighted by molar-refractivity contribution is 0.101. The number of nitrogens with zero attached hydrogens (tertiary/aromatic N) is 2. The predicted octanol–water partition coefficient (Wildman–Crippen LogP) is 2.98. The van der Waals surface area contributed by atoms with Gasteiger partial charge in [-0.05, 0) is 23.6 Å². The first kappa shape index (κ1) is 15.8. The molecule has 1 aromatic carbocycles. The van der Waals surface area contributed by atoms with Crippen molar-refractivity contribution < 1.29 is 9.53 Å². The van der Waals surface area contributed by atoms with Gasteiger partial charge in [0, 0.05) is 7.05 Å². The summed E-state index contributed by atoms with van der Waals surface area (Å²) in [5.74, 6) is 0.680. The number of aromatic nitrogens is 2. The molecule has 5 nitrogen and oxygen atoms in total. The summed E-state index contributed by atoms with van der Waals surface area (Å²) in [6.07, 6.45) is 0. The molecule has 0 N–H and O–H groups in total. The Kier molecular flexibility index (Phi) is 4.49. The highest BCUT2D eigenvalue weighted by atomic mass is 32.2. The van der Waals surface area contributed by atoms with E-state index >= 15 is 0 Å². The molecule has 0 aliphatic heterocycles. The minimum absolute atomic E-state index is 0.0621. The molecule has 3 rings (SSSR count). The summed E-state index contributed by atoms with van der Waals surface area (Å²) in [6.45, 7) is 0. The Morgan fingerprint density at radius 2 is 2.13 bits per heavy atom. The Morgan fingerprint density at radius 1 is 1.35 bits per heavy atom. The number of carbonyl (C=O) groups excluding carboxylic acids is 1. The van der Waals surface area contributed by atoms with Crippen LogP contribution in [-0.4, -0.2) is 28.2 Å². The first-order chi connectivity index (χ1) is 11.1. The van der Waals surface area contributed by atoms with Crippen molar-refractivity contribution >= 4 is 39.1 Å². The zero-order valence-corrected chi connectivity index (χ0v) is 14.2. The van der Waals surface area contributed by atoms with Gasteiger partial charge in [0.05, 0.1) is 23.8 Å². The van der Waals surface area contributed by atoms with Gasteiger partial charge in [0.1, 0.15) is 10.6 Å². The van der Waals surface area contributed by atoms with E-state index in [0.29, 0.717) is 26.7 Å². The molecule has 23 heavy (non-hydrogen) atoms. The van der Waals surface area contributed by atoms with Gasteiger partial charge in [-0.15, -0.1) is 11.3 Å². The largest absolute Gasteiger partial charge is 0.496 e. The zero-order chi connectivity index (χ0) is 16.4. The molecule has 0 amide bonds. The van der Waals surface area contributed by atoms with E-state index in [9.17, 15) is 9.59 Å². The van der Waals surface area contributed by atoms with E-state index in [1.807, 2.05) is 11.4 Å². The van der Waals surface area contributed by atoms with Crippen LogP contribution in [0.3, 0.4) is 0 Å². The van der Waals surface area contributed by atoms with Crippen molar-refractivity contribution in [3.8, 4) is 5.75 Å². The fraction of sp³-hybridized carbons (Fsp3) is 0.188. The summed E-state index contributed by atoms with van der Waals surface area (Å²) < 4.78 is 6.69. The second kappa shape index (κ2) is 6.55. The number of ether oxygens (including phenoxy) is 1. The molecule has 0 fully saturated rings. The molecule has 0 unspecified atom stereocenters. The van der Waals surface area contributed by atoms with Crippen LogP contribution >= 0.6 is 23.1 Å². The number of carbonyl (C=O) groups is 1. The summed E-state index contributed by atoms with van der Waals surface area (Å²) in [7, 11) is 3.21. The third kappa shape index (κ3) is 3.02. The molecule has 0 saturated heterocycles. The fourth-order valence-corrected chi connectivity index (χ4v) is 3.85. The molecule has 0 bridgehead atoms. The molecule has 0 aliphatic carbocycles. The summed E-state index contributed by atoms with van der Waals surface area (Å²) in [5.41, 5.74) is 0.438. The van der Waals surface area contributed by atoms with Crippen LogP contribution in [0.2, 0.25) is 0 Å². The van der Waals surface area contributed by atoms with E-state index in [1.165, 1.54) is 34.8 Å². The number of ketones is 1. The number of hydrogen-bond donors (Lipinski definition) is 0. The number of thiophene rings is 1. The molecule has 0 aliphatic rings. The smallest absolute Gasteiger partial charge is 0.262 e. The third-order valence-electron chi connectivity index (χ3n) is 3.40. The highest BCUT2D eigenvalue weighted by Gasteiger charge is 2.15. The van der Waals surface area contributed by atoms with Crippen molar-refractivity contribution in [2.24, 2.45) is 7.05 Å². The summed E-state index contributed by atoms with van der Waals surface area (Å²) in [4.78, 5) is 29.8. The highest BCUT2D eigenvalue weighted by molar-refractivity contribution is 7.99. The van der Waals surface area contributed by atoms with Crippen molar-refractivity contribution in [1.82, 2.24) is 9.55 Å². The molecule has 0 spiro atoms. The lowest BCUT2D eigenvalue weighted by Crippen LogP contribution is -2.19. The van der Waals surface area contributed by atoms with Crippen molar-refractivity contribution in [3.05, 3.63) is 51.6 Å². The Bertz CT molecular complexity index is 930. The number of benzene rings is 1. The second-order valence-electron chi connectivity index (χ2n) is 4.81. The van der Waals surface area contributed by atoms with E-state index in [0.717, 1.165) is 0 Å². The molecule has 2 aromatic heterocycles. The SMILES string of the molecule is COc1ccccc1C(=O)CSc1nc2sccc2c(=O)n1C. The van der Waals surface area contributed by atoms with Crippen molar-refractivity contribution in [1.29, 1.82) is 0 Å². The number of thioether (sulfide) groups is 1. The minimum atomic E-state index is -0.0940. The van der Waals surface area contributed by atoms with Crippen LogP contribution in [0.25, 0.3) is 10.2 Å². The Labute approximate surface area is 140 Å². The Balaban J connectivity index is 1.84. The maximum atomic E-state index is 12.4. The molecule has 0 atom stereocenters. The van der Waals surface area contributed by atoms with Crippen LogP contribution in [0.5, 0.6) is 5.75 Å². The number of methoxy groups -OCH3 is 1. The van der Waals surface area contributed by atoms with Gasteiger partial charge in [-0.1, -0.05) is 23.9 Å². The summed E-state index contributed by atoms with van der Waals surface area (Å²) >= 11 is 2.67. The van der Waals surface area contributed by atoms with E-state index in [4.69, 9.17) is 4.74 Å². The normalized spacial score (nSPS) is 10.9. The second-order valence-corrected chi connectivity index (χ2v) is 6.65. The minimum Gasteiger partial charge on any atom is -0.496 e. The van der Waals surface area contributed by atoms with E-state index in [2.05, 4.69) is 4.98 Å². The molecule has 7 heteroatoms. The van der Waals surface area contributed by atoms with E-state index in [-0.39, 0.29) is 17.1 Å². The quantitative estimate of drug-likeness (QED) is 0.404. The molecule has 0 saturated carbocycles. The molecular weight excluding hydrogens is 332 g/mol. The lowest BCUT2D eigenvalue weighted by atomic mass is 10.1. The maximum Gasteiger partial charge on any atom is 0.262 e. The van der Waals surface area contributed by atoms with Crippen LogP contribution < -0.4 is 10.3 Å². The Hall–Kier alpha value is -2.12. The molecule has 118 valence electrons. The van der Waals surface area contributed by atoms with Crippen molar-refractivity contribution in [2.45, 2.75) is 5.16 Å². The van der Waals surface area contributed by atoms with Gasteiger partial charge in [-0.2, -0.15) is 0 Å². The average molecular weight is 346 g/mol. The fourth-order valence-electron chi connectivity index (χ4n) is 2.19. The zero-order valence-electron chi connectivity index (χ0n) is 12.6. The molecule has 3 aromatic rings. The van der Waals surface area contributed by atoms with Gasteiger partial charge in [0.25, 0.3) is 5.56 Å². The molecular formula is C16H14N2O3S2. The summed E-state index contributed by atoms with van der Waals surface area (Å²) in [5, 5.41) is 2.99. The molecule has 2 heterocycles. The first-order valence-corrected chi connectivity index (χ1v) is 8.71. The molecule has 0 radical (unpaired) electrons. The average Bonchev–Trinajstić information content (AvgIpc) is 3.05. The maximum absolute atomic E-state index is 12.4. The lowest BCUT2D eigenvalue weighted by Gasteiger charge is -2.08. The number of para-hydroxylation sites is 1. The van der Waals surface area contributed by atoms with Crippen LogP contribution in [-0.2, 0) is 7.05 Å². The van der Waals surface area contributed by atoms with Gasteiger partial charge in [-0.3, -0.25) is 14.2 Å². The van der Waals surface area contributed by atoms with Gasteiger partial charge >= 0.3 is 0 Å². The topological polar surface area (TPSA) is 61.2 Å². The van der Waals surface area contributed by atoms with Gasteiger partial charge in [0.2, 0.25) is 0 Å². The van der Waals surface area contributed by atoms with Gasteiger partial charge in [-0.25, -0.2) is 4.98 Å². The number of rotatable bonds is 5. The predicted molar refractivity (Wildman–Crippen MR) is 92.9 cm³/mol. The summed E-state index contributed by atoms with van der Waals surface area (Å²) in [6, 6.07) is 8.87. The van der Waals surface area contributed by atoms with E-state index in [1.54, 1.807) is 31.3 Å². The van der Waals surface area contributed by atoms with Gasteiger partial charge in [0.15, 0.2) is 10.9 Å². The van der Waals surface area contributed by atoms with Crippen LogP contribution in [0.4, 0.5) is 0 Å². The van der Waals surface area contributed by atoms with Crippen LogP contribution in [0, 0.1) is 0 Å². The first-order valence-electron chi connectivity index (χ1n) is 6.85. The van der Waals surface area contributed by atoms with Crippen LogP contribution in [0.15, 0.2) is 45.7 Å². The number of fused-ring (bicyclic) bond motifs is 1. The monoisotopic (exact) mass is 346 g/mol. The van der Waals surface area contributed by atoms with Gasteiger partial charge < -0.3 is 4.74 Å². The Morgan fingerprint density at radius 3 is 2.91 bits per heavy atom. The standard InChI is InChI=1S/C16H14N2O3S2/c1-18-15(20)11-7-8-22-14(11)17-16(18)23-9-12(19)10-5-3-4-6-13(10)21-2/h3-8H,9H2,1-2H3. The third-order valence-corrected chi connectivity index (χ3v) is 5.24. The van der Waals surface area contributed by atoms with Crippen LogP contribution in [0.1, 0.15) is 10.4 Å². The van der Waals surface area contributed by atoms with E-state index < -0.39 is 0 Å². The van der Waals surface area contributed by atoms with Crippen molar-refractivity contribution in [2.75, 3.05) is 12.9 Å². The highest BCUT2D eigenvalue weighted by Crippen LogP contribution is 2.23. The van der Waals surface area contributed by atoms with Crippen molar-refractivity contribution in [3.63, 3.8) is 0 Å². The number of hydrogen-bond acceptors (Lipinski definition) is 6.